The fourth-order valence-electron chi connectivity index (χ4n) is 7.07. The van der Waals surface area contributed by atoms with Gasteiger partial charge >= 0.3 is 13.9 Å². The van der Waals surface area contributed by atoms with Crippen LogP contribution in [0.4, 0.5) is 4.79 Å². The minimum atomic E-state index is -4.11. The highest BCUT2D eigenvalue weighted by molar-refractivity contribution is 7.48. The van der Waals surface area contributed by atoms with Crippen LogP contribution in [0.5, 0.6) is 0 Å². The van der Waals surface area contributed by atoms with Gasteiger partial charge in [0.1, 0.15) is 5.60 Å². The molecule has 0 aromatic heterocycles. The zero-order valence-corrected chi connectivity index (χ0v) is 41.7. The van der Waals surface area contributed by atoms with Crippen molar-refractivity contribution in [1.29, 1.82) is 0 Å². The number of amides is 3. The first kappa shape index (κ1) is 60.0. The molecule has 0 heterocycles. The largest absolute Gasteiger partial charge is 0.475 e. The van der Waals surface area contributed by atoms with E-state index in [0.29, 0.717) is 25.9 Å². The van der Waals surface area contributed by atoms with Crippen molar-refractivity contribution in [3.8, 4) is 0 Å². The van der Waals surface area contributed by atoms with E-state index in [0.717, 1.165) is 51.4 Å². The number of alkyl carbamates (subject to hydrolysis) is 1. The van der Waals surface area contributed by atoms with E-state index < -0.39 is 25.6 Å². The van der Waals surface area contributed by atoms with Crippen LogP contribution in [0.1, 0.15) is 228 Å². The minimum Gasteiger partial charge on any atom is -0.444 e. The quantitative estimate of drug-likeness (QED) is 0.0308. The van der Waals surface area contributed by atoms with Gasteiger partial charge < -0.3 is 25.4 Å². The van der Waals surface area contributed by atoms with Crippen molar-refractivity contribution in [3.05, 3.63) is 12.7 Å². The average molecular weight is 902 g/mol. The molecular formula is C49H96N3O9P. The Morgan fingerprint density at radius 3 is 1.48 bits per heavy atom. The maximum absolute atomic E-state index is 13.6. The highest BCUT2D eigenvalue weighted by Crippen LogP contribution is 2.49. The van der Waals surface area contributed by atoms with Crippen LogP contribution in [0.2, 0.25) is 0 Å². The Kier molecular flexibility index (Phi) is 40.4. The number of hydrogen-bond acceptors (Lipinski definition) is 9. The molecule has 3 N–H and O–H groups in total. The summed E-state index contributed by atoms with van der Waals surface area (Å²) in [5.74, 6) is -0.0276. The first-order valence-electron chi connectivity index (χ1n) is 25.2. The van der Waals surface area contributed by atoms with Crippen LogP contribution in [-0.4, -0.2) is 75.2 Å². The second-order valence-corrected chi connectivity index (χ2v) is 19.7. The summed E-state index contributed by atoms with van der Waals surface area (Å²) in [4.78, 5) is 38.3. The van der Waals surface area contributed by atoms with Gasteiger partial charge in [-0.1, -0.05) is 175 Å². The van der Waals surface area contributed by atoms with Crippen LogP contribution in [-0.2, 0) is 37.2 Å². The van der Waals surface area contributed by atoms with E-state index in [1.54, 1.807) is 20.8 Å². The lowest BCUT2D eigenvalue weighted by atomic mass is 10.0. The zero-order valence-electron chi connectivity index (χ0n) is 40.8. The Morgan fingerprint density at radius 2 is 1.02 bits per heavy atom. The molecule has 0 saturated heterocycles. The topological polar surface area (TPSA) is 151 Å². The molecule has 0 spiro atoms. The third kappa shape index (κ3) is 40.8. The predicted octanol–water partition coefficient (Wildman–Crippen LogP) is 13.2. The molecule has 13 heteroatoms. The third-order valence-corrected chi connectivity index (χ3v) is 12.1. The Morgan fingerprint density at radius 1 is 0.565 bits per heavy atom. The molecule has 62 heavy (non-hydrogen) atoms. The van der Waals surface area contributed by atoms with Crippen LogP contribution in [0, 0.1) is 0 Å². The minimum absolute atomic E-state index is 0.00301. The second kappa shape index (κ2) is 41.7. The van der Waals surface area contributed by atoms with Crippen molar-refractivity contribution in [2.75, 3.05) is 39.6 Å². The summed E-state index contributed by atoms with van der Waals surface area (Å²) in [6, 6.07) is -0.628. The van der Waals surface area contributed by atoms with Crippen LogP contribution in [0.15, 0.2) is 12.7 Å². The van der Waals surface area contributed by atoms with E-state index in [1.807, 2.05) is 0 Å². The summed E-state index contributed by atoms with van der Waals surface area (Å²) in [6.45, 7) is 15.7. The maximum Gasteiger partial charge on any atom is 0.475 e. The van der Waals surface area contributed by atoms with Crippen molar-refractivity contribution in [2.45, 2.75) is 245 Å². The third-order valence-electron chi connectivity index (χ3n) is 10.6. The summed E-state index contributed by atoms with van der Waals surface area (Å²) in [7, 11) is -4.11. The molecule has 0 saturated carbocycles. The number of ether oxygens (including phenoxy) is 2. The Balaban J connectivity index is 5.32. The molecule has 12 nitrogen and oxygen atoms in total. The van der Waals surface area contributed by atoms with Crippen LogP contribution >= 0.6 is 7.82 Å². The van der Waals surface area contributed by atoms with Crippen molar-refractivity contribution in [1.82, 2.24) is 16.0 Å². The summed E-state index contributed by atoms with van der Waals surface area (Å²) in [6.07, 6.45) is 33.1. The van der Waals surface area contributed by atoms with Crippen molar-refractivity contribution >= 4 is 25.7 Å². The molecule has 0 radical (unpaired) electrons. The van der Waals surface area contributed by atoms with Crippen LogP contribution in [0.3, 0.4) is 0 Å². The lowest BCUT2D eigenvalue weighted by molar-refractivity contribution is -0.123. The molecule has 0 aliphatic rings. The average Bonchev–Trinajstić information content (AvgIpc) is 3.22. The van der Waals surface area contributed by atoms with E-state index in [1.165, 1.54) is 122 Å². The molecule has 0 fully saturated rings. The highest BCUT2D eigenvalue weighted by atomic mass is 31.2. The lowest BCUT2D eigenvalue weighted by Gasteiger charge is -2.24. The number of unbranched alkanes of at least 4 members (excludes halogenated alkanes) is 22. The number of nitrogens with one attached hydrogen (secondary N) is 3. The van der Waals surface area contributed by atoms with E-state index in [9.17, 15) is 18.9 Å². The van der Waals surface area contributed by atoms with Gasteiger partial charge in [-0.2, -0.15) is 0 Å². The molecule has 0 aromatic rings. The Bertz CT molecular complexity index is 1140. The Hall–Kier alpha value is -1.98. The van der Waals surface area contributed by atoms with Crippen molar-refractivity contribution in [3.63, 3.8) is 0 Å². The lowest BCUT2D eigenvalue weighted by Crippen LogP contribution is -2.42. The van der Waals surface area contributed by atoms with E-state index in [2.05, 4.69) is 43.3 Å². The van der Waals surface area contributed by atoms with E-state index in [-0.39, 0.29) is 50.8 Å². The smallest absolute Gasteiger partial charge is 0.444 e. The van der Waals surface area contributed by atoms with E-state index >= 15 is 0 Å². The molecule has 3 atom stereocenters. The van der Waals surface area contributed by atoms with Gasteiger partial charge in [0.15, 0.2) is 0 Å². The standard InChI is InChI=1S/C49H96N3O9P/c1-8-12-15-18-20-22-23-25-27-30-33-36-47(54)52-45(43-60-62(56,58-39-11-4)59-41-38-50-48(55)61-49(5,6)7)42-57-40-37-44(34-31-28-17-14-10-3)51-46(53)35-32-29-26-24-21-19-16-13-9-2/h11,44-45H,4,8-10,12-43H2,1-3,5-7H3,(H,50,55)(H,51,53)(H,52,54)/t44-,45+,62?/m0/s1. The predicted molar refractivity (Wildman–Crippen MR) is 255 cm³/mol. The van der Waals surface area contributed by atoms with Gasteiger partial charge in [0.2, 0.25) is 11.8 Å². The van der Waals surface area contributed by atoms with Gasteiger partial charge in [-0.15, -0.1) is 6.58 Å². The van der Waals surface area contributed by atoms with Gasteiger partial charge in [-0.3, -0.25) is 23.2 Å². The summed E-state index contributed by atoms with van der Waals surface area (Å²) in [5, 5.41) is 8.88. The number of carbonyl (C=O) groups excluding carboxylic acids is 3. The fourth-order valence-corrected chi connectivity index (χ4v) is 8.26. The van der Waals surface area contributed by atoms with Crippen molar-refractivity contribution in [2.24, 2.45) is 0 Å². The molecule has 1 unspecified atom stereocenters. The molecule has 0 bridgehead atoms. The summed E-state index contributed by atoms with van der Waals surface area (Å²) in [5.41, 5.74) is -0.666. The molecule has 0 aliphatic carbocycles. The summed E-state index contributed by atoms with van der Waals surface area (Å²) < 4.78 is 41.8. The number of phosphoric ester groups is 1. The van der Waals surface area contributed by atoms with Gasteiger partial charge in [0.05, 0.1) is 32.5 Å². The molecule has 3 amide bonds. The monoisotopic (exact) mass is 902 g/mol. The van der Waals surface area contributed by atoms with Gasteiger partial charge in [-0.25, -0.2) is 9.36 Å². The first-order chi connectivity index (χ1) is 29.9. The van der Waals surface area contributed by atoms with Crippen LogP contribution < -0.4 is 16.0 Å². The van der Waals surface area contributed by atoms with E-state index in [4.69, 9.17) is 23.0 Å². The Labute approximate surface area is 380 Å². The SMILES string of the molecule is C=CCOP(=O)(OCCNC(=O)OC(C)(C)C)OC[C@@H](COCC[C@H](CCCCCCC)NC(=O)CCCCCCCCCCC)NC(=O)CCCCCCCCCCCCC. The molecule has 0 aromatic carbocycles. The zero-order chi connectivity index (χ0) is 46.0. The summed E-state index contributed by atoms with van der Waals surface area (Å²) >= 11 is 0. The number of phosphoric acid groups is 1. The van der Waals surface area contributed by atoms with Gasteiger partial charge in [-0.05, 0) is 46.5 Å². The van der Waals surface area contributed by atoms with Crippen LogP contribution in [0.25, 0.3) is 0 Å². The highest BCUT2D eigenvalue weighted by Gasteiger charge is 2.29. The molecule has 0 aliphatic heterocycles. The first-order valence-corrected chi connectivity index (χ1v) is 26.6. The van der Waals surface area contributed by atoms with Gasteiger partial charge in [0.25, 0.3) is 0 Å². The fraction of sp³-hybridized carbons (Fsp3) is 0.898. The molecular weight excluding hydrogens is 806 g/mol. The normalized spacial score (nSPS) is 13.6. The number of rotatable bonds is 45. The second-order valence-electron chi connectivity index (χ2n) is 18.0. The maximum atomic E-state index is 13.6. The number of carbonyl (C=O) groups is 3. The van der Waals surface area contributed by atoms with Gasteiger partial charge in [0, 0.05) is 32.0 Å². The van der Waals surface area contributed by atoms with Crippen molar-refractivity contribution < 1.29 is 42.0 Å². The molecule has 0 rings (SSSR count). The molecule has 366 valence electrons. The number of hydrogen-bond donors (Lipinski definition) is 3.